The van der Waals surface area contributed by atoms with E-state index in [1.165, 1.54) is 12.1 Å². The molecule has 0 spiro atoms. The molecule has 1 aromatic carbocycles. The van der Waals surface area contributed by atoms with Gasteiger partial charge in [-0.2, -0.15) is 0 Å². The van der Waals surface area contributed by atoms with Crippen LogP contribution in [0, 0.1) is 21.4 Å². The highest BCUT2D eigenvalue weighted by Gasteiger charge is 2.54. The summed E-state index contributed by atoms with van der Waals surface area (Å²) in [6.45, 7) is 5.72. The van der Waals surface area contributed by atoms with Crippen LogP contribution in [-0.4, -0.2) is 30.1 Å². The largest absolute Gasteiger partial charge is 0.465 e. The van der Waals surface area contributed by atoms with Crippen molar-refractivity contribution < 1.29 is 24.0 Å². The lowest BCUT2D eigenvalue weighted by atomic mass is 9.85. The maximum atomic E-state index is 12.5. The van der Waals surface area contributed by atoms with E-state index in [-0.39, 0.29) is 31.2 Å². The highest BCUT2D eigenvalue weighted by molar-refractivity contribution is 6.01. The Morgan fingerprint density at radius 3 is 2.19 bits per heavy atom. The lowest BCUT2D eigenvalue weighted by Gasteiger charge is -2.24. The number of nitro groups is 1. The van der Waals surface area contributed by atoms with Crippen molar-refractivity contribution in [2.45, 2.75) is 33.6 Å². The van der Waals surface area contributed by atoms with Gasteiger partial charge in [0.2, 0.25) is 0 Å². The van der Waals surface area contributed by atoms with E-state index >= 15 is 0 Å². The van der Waals surface area contributed by atoms with E-state index in [0.29, 0.717) is 6.42 Å². The number of carbonyl (C=O) groups excluding carboxylic acids is 2. The van der Waals surface area contributed by atoms with E-state index in [1.807, 2.05) is 13.0 Å². The van der Waals surface area contributed by atoms with Gasteiger partial charge in [-0.15, -0.1) is 0 Å². The van der Waals surface area contributed by atoms with E-state index < -0.39 is 22.3 Å². The molecule has 0 N–H and O–H groups in total. The summed E-state index contributed by atoms with van der Waals surface area (Å²) in [5.41, 5.74) is 0.387. The number of nitro benzene ring substituents is 1. The third kappa shape index (κ3) is 3.92. The number of hydrogen-bond donors (Lipinski definition) is 0. The minimum absolute atomic E-state index is 0.0130. The van der Waals surface area contributed by atoms with Crippen molar-refractivity contribution in [3.05, 3.63) is 45.5 Å². The fraction of sp³-hybridized carbons (Fsp3) is 0.474. The molecule has 140 valence electrons. The molecule has 0 aromatic heterocycles. The Kier molecular flexibility index (Phi) is 6.13. The molecule has 7 heteroatoms. The summed E-state index contributed by atoms with van der Waals surface area (Å²) in [4.78, 5) is 35.3. The number of ether oxygens (including phenoxy) is 2. The summed E-state index contributed by atoms with van der Waals surface area (Å²) in [6, 6.07) is 6.14. The first-order valence-corrected chi connectivity index (χ1v) is 8.63. The van der Waals surface area contributed by atoms with Gasteiger partial charge < -0.3 is 9.47 Å². The number of hydrogen-bond acceptors (Lipinski definition) is 6. The van der Waals surface area contributed by atoms with Crippen LogP contribution in [0.5, 0.6) is 0 Å². The summed E-state index contributed by atoms with van der Waals surface area (Å²) in [6.07, 6.45) is 2.42. The third-order valence-electron chi connectivity index (χ3n) is 4.58. The Labute approximate surface area is 152 Å². The zero-order valence-corrected chi connectivity index (χ0v) is 15.2. The second-order valence-corrected chi connectivity index (χ2v) is 6.37. The SMILES string of the molecule is CCOC(=O)C1(C(=O)OCC)C/C(=C\c2ccc([N+](=O)[O-])cc2)C(C)C1. The summed E-state index contributed by atoms with van der Waals surface area (Å²) in [7, 11) is 0. The van der Waals surface area contributed by atoms with Gasteiger partial charge >= 0.3 is 11.9 Å². The minimum Gasteiger partial charge on any atom is -0.465 e. The van der Waals surface area contributed by atoms with Crippen LogP contribution < -0.4 is 0 Å². The first-order valence-electron chi connectivity index (χ1n) is 8.63. The van der Waals surface area contributed by atoms with Crippen LogP contribution in [0.1, 0.15) is 39.2 Å². The van der Waals surface area contributed by atoms with Crippen molar-refractivity contribution in [3.63, 3.8) is 0 Å². The van der Waals surface area contributed by atoms with Crippen molar-refractivity contribution in [1.82, 2.24) is 0 Å². The normalized spacial score (nSPS) is 20.0. The molecule has 1 aliphatic rings. The molecule has 1 saturated carbocycles. The average Bonchev–Trinajstić information content (AvgIpc) is 2.94. The number of non-ortho nitro benzene ring substituents is 1. The summed E-state index contributed by atoms with van der Waals surface area (Å²) >= 11 is 0. The number of carbonyl (C=O) groups is 2. The number of allylic oxidation sites excluding steroid dienone is 1. The van der Waals surface area contributed by atoms with Crippen LogP contribution in [0.15, 0.2) is 29.8 Å². The van der Waals surface area contributed by atoms with Gasteiger partial charge in [-0.25, -0.2) is 0 Å². The zero-order valence-electron chi connectivity index (χ0n) is 15.2. The van der Waals surface area contributed by atoms with Gasteiger partial charge in [-0.1, -0.05) is 18.6 Å². The number of nitrogens with zero attached hydrogens (tertiary/aromatic N) is 1. The first kappa shape index (κ1) is 19.6. The Bertz CT molecular complexity index is 704. The Morgan fingerprint density at radius 2 is 1.73 bits per heavy atom. The van der Waals surface area contributed by atoms with Crippen molar-refractivity contribution >= 4 is 23.7 Å². The second-order valence-electron chi connectivity index (χ2n) is 6.37. The molecular weight excluding hydrogens is 338 g/mol. The number of benzene rings is 1. The highest BCUT2D eigenvalue weighted by atomic mass is 16.6. The van der Waals surface area contributed by atoms with Crippen molar-refractivity contribution in [2.75, 3.05) is 13.2 Å². The van der Waals surface area contributed by atoms with E-state index in [1.54, 1.807) is 26.0 Å². The Hall–Kier alpha value is -2.70. The summed E-state index contributed by atoms with van der Waals surface area (Å²) < 4.78 is 10.3. The molecule has 1 aromatic rings. The fourth-order valence-electron chi connectivity index (χ4n) is 3.28. The van der Waals surface area contributed by atoms with Gasteiger partial charge in [0, 0.05) is 12.1 Å². The standard InChI is InChI=1S/C19H23NO6/c1-4-25-17(21)19(18(22)26-5-2)11-13(3)15(12-19)10-14-6-8-16(9-7-14)20(23)24/h6-10,13H,4-5,11-12H2,1-3H3/b15-10+. The van der Waals surface area contributed by atoms with Gasteiger partial charge in [0.1, 0.15) is 0 Å². The molecule has 0 bridgehead atoms. The number of esters is 2. The third-order valence-corrected chi connectivity index (χ3v) is 4.58. The average molecular weight is 361 g/mol. The molecule has 7 nitrogen and oxygen atoms in total. The lowest BCUT2D eigenvalue weighted by molar-refractivity contribution is -0.384. The van der Waals surface area contributed by atoms with Gasteiger partial charge in [0.25, 0.3) is 5.69 Å². The summed E-state index contributed by atoms with van der Waals surface area (Å²) in [5.74, 6) is -1.13. The van der Waals surface area contributed by atoms with Crippen LogP contribution in [0.25, 0.3) is 6.08 Å². The van der Waals surface area contributed by atoms with Crippen LogP contribution in [0.3, 0.4) is 0 Å². The molecule has 26 heavy (non-hydrogen) atoms. The number of rotatable bonds is 6. The predicted octanol–water partition coefficient (Wildman–Crippen LogP) is 3.52. The van der Waals surface area contributed by atoms with Crippen molar-refractivity contribution in [3.8, 4) is 0 Å². The molecule has 0 radical (unpaired) electrons. The predicted molar refractivity (Wildman–Crippen MR) is 95.2 cm³/mol. The molecule has 2 rings (SSSR count). The molecule has 0 amide bonds. The van der Waals surface area contributed by atoms with E-state index in [4.69, 9.17) is 9.47 Å². The molecule has 0 aliphatic heterocycles. The van der Waals surface area contributed by atoms with Gasteiger partial charge in [0.15, 0.2) is 5.41 Å². The lowest BCUT2D eigenvalue weighted by Crippen LogP contribution is -2.40. The zero-order chi connectivity index (χ0) is 19.3. The Balaban J connectivity index is 2.32. The van der Waals surface area contributed by atoms with Gasteiger partial charge in [-0.05, 0) is 50.3 Å². The van der Waals surface area contributed by atoms with Crippen molar-refractivity contribution in [1.29, 1.82) is 0 Å². The highest BCUT2D eigenvalue weighted by Crippen LogP contribution is 2.47. The first-order chi connectivity index (χ1) is 12.3. The van der Waals surface area contributed by atoms with Crippen LogP contribution in [-0.2, 0) is 19.1 Å². The molecular formula is C19H23NO6. The molecule has 1 atom stereocenters. The smallest absolute Gasteiger partial charge is 0.323 e. The van der Waals surface area contributed by atoms with E-state index in [9.17, 15) is 19.7 Å². The molecule has 1 aliphatic carbocycles. The second kappa shape index (κ2) is 8.12. The minimum atomic E-state index is -1.32. The fourth-order valence-corrected chi connectivity index (χ4v) is 3.28. The van der Waals surface area contributed by atoms with E-state index in [0.717, 1.165) is 11.1 Å². The quantitative estimate of drug-likeness (QED) is 0.333. The molecule has 0 saturated heterocycles. The Morgan fingerprint density at radius 1 is 1.19 bits per heavy atom. The van der Waals surface area contributed by atoms with Crippen LogP contribution in [0.4, 0.5) is 5.69 Å². The van der Waals surface area contributed by atoms with Gasteiger partial charge in [0.05, 0.1) is 18.1 Å². The maximum absolute atomic E-state index is 12.5. The van der Waals surface area contributed by atoms with Crippen molar-refractivity contribution in [2.24, 2.45) is 11.3 Å². The monoisotopic (exact) mass is 361 g/mol. The molecule has 0 heterocycles. The summed E-state index contributed by atoms with van der Waals surface area (Å²) in [5, 5.41) is 10.8. The van der Waals surface area contributed by atoms with Gasteiger partial charge in [-0.3, -0.25) is 19.7 Å². The topological polar surface area (TPSA) is 95.7 Å². The van der Waals surface area contributed by atoms with Crippen LogP contribution >= 0.6 is 0 Å². The molecule has 1 fully saturated rings. The maximum Gasteiger partial charge on any atom is 0.323 e. The van der Waals surface area contributed by atoms with Crippen LogP contribution in [0.2, 0.25) is 0 Å². The molecule has 1 unspecified atom stereocenters. The van der Waals surface area contributed by atoms with E-state index in [2.05, 4.69) is 0 Å².